The van der Waals surface area contributed by atoms with E-state index in [1.807, 2.05) is 31.2 Å². The summed E-state index contributed by atoms with van der Waals surface area (Å²) in [5, 5.41) is 0. The summed E-state index contributed by atoms with van der Waals surface area (Å²) in [4.78, 5) is 11.2. The van der Waals surface area contributed by atoms with Gasteiger partial charge in [0.15, 0.2) is 0 Å². The number of amides is 1. The normalized spacial score (nSPS) is 19.1. The standard InChI is InChI=1S/C13H18N2O/c1-9(12(14)16)11-5-3-2-4-10(11)8-13(15)6-7-13/h2-5,9H,6-8,15H2,1H3,(H2,14,16). The van der Waals surface area contributed by atoms with Crippen LogP contribution in [0.3, 0.4) is 0 Å². The van der Waals surface area contributed by atoms with E-state index in [4.69, 9.17) is 11.5 Å². The fourth-order valence-electron chi connectivity index (χ4n) is 1.99. The maximum absolute atomic E-state index is 11.2. The Kier molecular flexibility index (Phi) is 2.72. The second-order valence-electron chi connectivity index (χ2n) is 4.86. The molecule has 1 aromatic rings. The van der Waals surface area contributed by atoms with Gasteiger partial charge < -0.3 is 11.5 Å². The number of carbonyl (C=O) groups is 1. The summed E-state index contributed by atoms with van der Waals surface area (Å²) >= 11 is 0. The number of primary amides is 1. The fraction of sp³-hybridized carbons (Fsp3) is 0.462. The van der Waals surface area contributed by atoms with E-state index in [-0.39, 0.29) is 17.4 Å². The van der Waals surface area contributed by atoms with Crippen LogP contribution in [0.5, 0.6) is 0 Å². The molecule has 4 N–H and O–H groups in total. The van der Waals surface area contributed by atoms with Gasteiger partial charge in [-0.15, -0.1) is 0 Å². The van der Waals surface area contributed by atoms with Crippen molar-refractivity contribution in [1.29, 1.82) is 0 Å². The predicted molar refractivity (Wildman–Crippen MR) is 63.9 cm³/mol. The average molecular weight is 218 g/mol. The third-order valence-electron chi connectivity index (χ3n) is 3.38. The van der Waals surface area contributed by atoms with E-state index in [9.17, 15) is 4.79 Å². The van der Waals surface area contributed by atoms with Crippen LogP contribution in [0.1, 0.15) is 36.8 Å². The number of hydrogen-bond donors (Lipinski definition) is 2. The van der Waals surface area contributed by atoms with Gasteiger partial charge in [0.05, 0.1) is 5.92 Å². The summed E-state index contributed by atoms with van der Waals surface area (Å²) in [5.74, 6) is -0.520. The molecule has 0 aliphatic heterocycles. The molecule has 1 aromatic carbocycles. The zero-order valence-electron chi connectivity index (χ0n) is 9.57. The van der Waals surface area contributed by atoms with Gasteiger partial charge in [0.2, 0.25) is 5.91 Å². The molecule has 3 heteroatoms. The van der Waals surface area contributed by atoms with Crippen molar-refractivity contribution in [1.82, 2.24) is 0 Å². The Morgan fingerprint density at radius 3 is 2.62 bits per heavy atom. The van der Waals surface area contributed by atoms with Gasteiger partial charge in [-0.05, 0) is 37.3 Å². The number of nitrogens with two attached hydrogens (primary N) is 2. The van der Waals surface area contributed by atoms with Crippen LogP contribution in [0, 0.1) is 0 Å². The molecule has 0 spiro atoms. The summed E-state index contributed by atoms with van der Waals surface area (Å²) in [6.07, 6.45) is 3.00. The minimum atomic E-state index is -0.283. The molecule has 0 heterocycles. The van der Waals surface area contributed by atoms with E-state index in [1.54, 1.807) is 0 Å². The molecule has 1 amide bonds. The zero-order valence-corrected chi connectivity index (χ0v) is 9.57. The van der Waals surface area contributed by atoms with Crippen molar-refractivity contribution in [3.05, 3.63) is 35.4 Å². The molecule has 3 nitrogen and oxygen atoms in total. The van der Waals surface area contributed by atoms with Gasteiger partial charge in [0.25, 0.3) is 0 Å². The smallest absolute Gasteiger partial charge is 0.224 e. The van der Waals surface area contributed by atoms with Crippen molar-refractivity contribution in [3.63, 3.8) is 0 Å². The van der Waals surface area contributed by atoms with Crippen LogP contribution in [0.4, 0.5) is 0 Å². The molecule has 0 aromatic heterocycles. The quantitative estimate of drug-likeness (QED) is 0.800. The molecule has 1 atom stereocenters. The lowest BCUT2D eigenvalue weighted by atomic mass is 9.91. The van der Waals surface area contributed by atoms with Gasteiger partial charge in [0.1, 0.15) is 0 Å². The third kappa shape index (κ3) is 2.25. The molecular formula is C13H18N2O. The Morgan fingerprint density at radius 1 is 1.44 bits per heavy atom. The summed E-state index contributed by atoms with van der Waals surface area (Å²) in [5.41, 5.74) is 13.6. The lowest BCUT2D eigenvalue weighted by Crippen LogP contribution is -2.26. The number of carbonyl (C=O) groups excluding carboxylic acids is 1. The van der Waals surface area contributed by atoms with Gasteiger partial charge in [-0.2, -0.15) is 0 Å². The van der Waals surface area contributed by atoms with Crippen LogP contribution < -0.4 is 11.5 Å². The van der Waals surface area contributed by atoms with E-state index < -0.39 is 0 Å². The highest BCUT2D eigenvalue weighted by Crippen LogP contribution is 2.37. The predicted octanol–water partition coefficient (Wildman–Crippen LogP) is 1.31. The largest absolute Gasteiger partial charge is 0.369 e. The molecule has 0 saturated heterocycles. The van der Waals surface area contributed by atoms with Crippen molar-refractivity contribution in [2.24, 2.45) is 11.5 Å². The molecule has 0 radical (unpaired) electrons. The van der Waals surface area contributed by atoms with Crippen LogP contribution in [0.15, 0.2) is 24.3 Å². The van der Waals surface area contributed by atoms with Crippen molar-refractivity contribution in [2.75, 3.05) is 0 Å². The maximum atomic E-state index is 11.2. The van der Waals surface area contributed by atoms with E-state index in [2.05, 4.69) is 0 Å². The number of rotatable bonds is 4. The highest BCUT2D eigenvalue weighted by Gasteiger charge is 2.38. The van der Waals surface area contributed by atoms with Gasteiger partial charge in [-0.25, -0.2) is 0 Å². The van der Waals surface area contributed by atoms with Crippen molar-refractivity contribution < 1.29 is 4.79 Å². The monoisotopic (exact) mass is 218 g/mol. The van der Waals surface area contributed by atoms with E-state index in [0.717, 1.165) is 30.4 Å². The molecule has 16 heavy (non-hydrogen) atoms. The highest BCUT2D eigenvalue weighted by molar-refractivity contribution is 5.81. The highest BCUT2D eigenvalue weighted by atomic mass is 16.1. The molecule has 1 saturated carbocycles. The molecule has 1 unspecified atom stereocenters. The zero-order chi connectivity index (χ0) is 11.8. The topological polar surface area (TPSA) is 69.1 Å². The van der Waals surface area contributed by atoms with Gasteiger partial charge in [-0.3, -0.25) is 4.79 Å². The summed E-state index contributed by atoms with van der Waals surface area (Å²) in [6, 6.07) is 7.94. The second kappa shape index (κ2) is 3.91. The van der Waals surface area contributed by atoms with E-state index in [0.29, 0.717) is 0 Å². The van der Waals surface area contributed by atoms with Crippen molar-refractivity contribution >= 4 is 5.91 Å². The van der Waals surface area contributed by atoms with E-state index >= 15 is 0 Å². The molecule has 2 rings (SSSR count). The molecule has 1 aliphatic rings. The first-order chi connectivity index (χ1) is 7.52. The van der Waals surface area contributed by atoms with Crippen molar-refractivity contribution in [2.45, 2.75) is 37.6 Å². The van der Waals surface area contributed by atoms with Crippen molar-refractivity contribution in [3.8, 4) is 0 Å². The molecule has 0 bridgehead atoms. The van der Waals surface area contributed by atoms with Crippen LogP contribution in [-0.4, -0.2) is 11.4 Å². The number of benzene rings is 1. The Hall–Kier alpha value is -1.35. The van der Waals surface area contributed by atoms with Gasteiger partial charge >= 0.3 is 0 Å². The first kappa shape index (κ1) is 11.1. The first-order valence-electron chi connectivity index (χ1n) is 5.68. The van der Waals surface area contributed by atoms with Gasteiger partial charge in [-0.1, -0.05) is 24.3 Å². The molecule has 86 valence electrons. The molecule has 1 aliphatic carbocycles. The lowest BCUT2D eigenvalue weighted by Gasteiger charge is -2.16. The minimum Gasteiger partial charge on any atom is -0.369 e. The summed E-state index contributed by atoms with van der Waals surface area (Å²) < 4.78 is 0. The fourth-order valence-corrected chi connectivity index (χ4v) is 1.99. The Balaban J connectivity index is 2.26. The minimum absolute atomic E-state index is 0.0343. The average Bonchev–Trinajstić information content (AvgIpc) is 2.96. The summed E-state index contributed by atoms with van der Waals surface area (Å²) in [6.45, 7) is 1.84. The number of hydrogen-bond acceptors (Lipinski definition) is 2. The summed E-state index contributed by atoms with van der Waals surface area (Å²) in [7, 11) is 0. The second-order valence-corrected chi connectivity index (χ2v) is 4.86. The van der Waals surface area contributed by atoms with Crippen LogP contribution in [0.25, 0.3) is 0 Å². The Labute approximate surface area is 95.8 Å². The Morgan fingerprint density at radius 2 is 2.06 bits per heavy atom. The third-order valence-corrected chi connectivity index (χ3v) is 3.38. The van der Waals surface area contributed by atoms with Crippen LogP contribution in [-0.2, 0) is 11.2 Å². The lowest BCUT2D eigenvalue weighted by molar-refractivity contribution is -0.119. The van der Waals surface area contributed by atoms with Crippen LogP contribution >= 0.6 is 0 Å². The first-order valence-corrected chi connectivity index (χ1v) is 5.68. The van der Waals surface area contributed by atoms with Gasteiger partial charge in [0, 0.05) is 5.54 Å². The molecule has 1 fully saturated rings. The maximum Gasteiger partial charge on any atom is 0.224 e. The Bertz CT molecular complexity index is 410. The van der Waals surface area contributed by atoms with Crippen LogP contribution in [0.2, 0.25) is 0 Å². The van der Waals surface area contributed by atoms with E-state index in [1.165, 1.54) is 0 Å². The SMILES string of the molecule is CC(C(N)=O)c1ccccc1CC1(N)CC1. The molecular weight excluding hydrogens is 200 g/mol.